The van der Waals surface area contributed by atoms with E-state index in [0.717, 1.165) is 0 Å². The second-order valence-corrected chi connectivity index (χ2v) is 1.51. The molecule has 0 saturated carbocycles. The lowest BCUT2D eigenvalue weighted by molar-refractivity contribution is 0.694. The lowest BCUT2D eigenvalue weighted by atomic mass is 10.2. The molecule has 1 unspecified atom stereocenters. The van der Waals surface area contributed by atoms with Crippen LogP contribution in [0.3, 0.4) is 0 Å². The molecule has 1 atom stereocenters. The average Bonchev–Trinajstić information content (AvgIpc) is 1.38. The zero-order chi connectivity index (χ0) is 4.28. The lowest BCUT2D eigenvalue weighted by Crippen LogP contribution is -1.77. The molecule has 0 nitrogen and oxygen atoms in total. The lowest BCUT2D eigenvalue weighted by Gasteiger charge is -1.81. The van der Waals surface area contributed by atoms with Gasteiger partial charge in [0, 0.05) is 0 Å². The molecule has 0 rings (SSSR count). The Labute approximate surface area is 34.2 Å². The Morgan fingerprint density at radius 3 is 2.00 bits per heavy atom. The van der Waals surface area contributed by atoms with Gasteiger partial charge in [0.25, 0.3) is 0 Å². The van der Waals surface area contributed by atoms with E-state index < -0.39 is 0 Å². The molecule has 0 heterocycles. The van der Waals surface area contributed by atoms with Crippen LogP contribution < -0.4 is 0 Å². The van der Waals surface area contributed by atoms with Gasteiger partial charge in [0.15, 0.2) is 0 Å². The normalized spacial score (nSPS) is 14.8. The fourth-order valence-corrected chi connectivity index (χ4v) is 0. The van der Waals surface area contributed by atoms with Crippen molar-refractivity contribution in [1.29, 1.82) is 0 Å². The Kier molecular flexibility index (Phi) is 2.07. The van der Waals surface area contributed by atoms with Gasteiger partial charge in [-0.05, 0) is 13.3 Å². The van der Waals surface area contributed by atoms with Gasteiger partial charge in [0.05, 0.1) is 12.8 Å². The highest BCUT2D eigenvalue weighted by Crippen LogP contribution is 1.93. The van der Waals surface area contributed by atoms with Crippen LogP contribution in [0.4, 0.5) is 0 Å². The standard InChI is InChI=1S/C5H11/c1-4-5(2)3/h5H,2,4H2,1,3H3/q+1. The van der Waals surface area contributed by atoms with Crippen LogP contribution in [-0.2, 0) is 0 Å². The summed E-state index contributed by atoms with van der Waals surface area (Å²) in [5, 5.41) is 0. The van der Waals surface area contributed by atoms with Crippen molar-refractivity contribution in [2.45, 2.75) is 20.3 Å². The maximum atomic E-state index is 3.76. The minimum atomic E-state index is 0.634. The molecular formula is C5H11+. The molecule has 0 radical (unpaired) electrons. The Morgan fingerprint density at radius 1 is 1.80 bits per heavy atom. The molecule has 0 aliphatic rings. The number of rotatable bonds is 1. The Morgan fingerprint density at radius 2 is 2.00 bits per heavy atom. The first-order valence-electron chi connectivity index (χ1n) is 2.10. The molecule has 0 heteroatoms. The van der Waals surface area contributed by atoms with E-state index in [-0.39, 0.29) is 0 Å². The zero-order valence-corrected chi connectivity index (χ0v) is 3.99. The topological polar surface area (TPSA) is 0 Å². The summed E-state index contributed by atoms with van der Waals surface area (Å²) in [5.41, 5.74) is 0. The van der Waals surface area contributed by atoms with Crippen LogP contribution in [0.5, 0.6) is 0 Å². The van der Waals surface area contributed by atoms with Crippen LogP contribution in [0.2, 0.25) is 0 Å². The van der Waals surface area contributed by atoms with E-state index in [1.165, 1.54) is 6.42 Å². The minimum Gasteiger partial charge on any atom is -0.0611 e. The first-order chi connectivity index (χ1) is 2.27. The molecule has 5 heavy (non-hydrogen) atoms. The monoisotopic (exact) mass is 71.1 g/mol. The van der Waals surface area contributed by atoms with E-state index in [2.05, 4.69) is 20.8 Å². The largest absolute Gasteiger partial charge is 0.0922 e. The highest BCUT2D eigenvalue weighted by atomic mass is 13.9. The van der Waals surface area contributed by atoms with Crippen LogP contribution in [-0.4, -0.2) is 0 Å². The van der Waals surface area contributed by atoms with Gasteiger partial charge in [-0.25, -0.2) is 0 Å². The molecule has 0 amide bonds. The van der Waals surface area contributed by atoms with Gasteiger partial charge in [-0.3, -0.25) is 0 Å². The second kappa shape index (κ2) is 2.13. The van der Waals surface area contributed by atoms with Crippen molar-refractivity contribution in [2.75, 3.05) is 0 Å². The van der Waals surface area contributed by atoms with Gasteiger partial charge >= 0.3 is 0 Å². The summed E-state index contributed by atoms with van der Waals surface area (Å²) >= 11 is 0. The van der Waals surface area contributed by atoms with E-state index in [9.17, 15) is 0 Å². The summed E-state index contributed by atoms with van der Waals surface area (Å²) < 4.78 is 0. The maximum absolute atomic E-state index is 3.76. The molecule has 0 aromatic heterocycles. The SMILES string of the molecule is [CH2+]C(C)CC. The molecule has 0 spiro atoms. The molecule has 0 aromatic rings. The predicted molar refractivity (Wildman–Crippen MR) is 24.8 cm³/mol. The van der Waals surface area contributed by atoms with E-state index in [0.29, 0.717) is 5.92 Å². The number of hydrogen-bond donors (Lipinski definition) is 0. The summed E-state index contributed by atoms with van der Waals surface area (Å²) in [6.45, 7) is 8.00. The van der Waals surface area contributed by atoms with Gasteiger partial charge in [-0.2, -0.15) is 0 Å². The fourth-order valence-electron chi connectivity index (χ4n) is 0. The van der Waals surface area contributed by atoms with Gasteiger partial charge in [0.2, 0.25) is 0 Å². The van der Waals surface area contributed by atoms with Crippen molar-refractivity contribution in [3.63, 3.8) is 0 Å². The van der Waals surface area contributed by atoms with Crippen molar-refractivity contribution in [3.8, 4) is 0 Å². The second-order valence-electron chi connectivity index (χ2n) is 1.51. The smallest absolute Gasteiger partial charge is 0.0611 e. The van der Waals surface area contributed by atoms with Crippen LogP contribution in [0.15, 0.2) is 0 Å². The summed E-state index contributed by atoms with van der Waals surface area (Å²) in [6, 6.07) is 0. The predicted octanol–water partition coefficient (Wildman–Crippen LogP) is 1.87. The zero-order valence-electron chi connectivity index (χ0n) is 3.99. The van der Waals surface area contributed by atoms with Gasteiger partial charge in [-0.15, -0.1) is 0 Å². The average molecular weight is 71.1 g/mol. The van der Waals surface area contributed by atoms with Crippen molar-refractivity contribution in [3.05, 3.63) is 6.92 Å². The molecular weight excluding hydrogens is 60.1 g/mol. The van der Waals surface area contributed by atoms with Gasteiger partial charge < -0.3 is 0 Å². The molecule has 30 valence electrons. The van der Waals surface area contributed by atoms with Crippen molar-refractivity contribution in [1.82, 2.24) is 0 Å². The highest BCUT2D eigenvalue weighted by molar-refractivity contribution is 4.46. The molecule has 0 saturated heterocycles. The van der Waals surface area contributed by atoms with Gasteiger partial charge in [0.1, 0.15) is 0 Å². The Bertz CT molecular complexity index is 14.0. The molecule has 0 fully saturated rings. The first kappa shape index (κ1) is 4.87. The molecule has 0 aromatic carbocycles. The van der Waals surface area contributed by atoms with Crippen LogP contribution in [0, 0.1) is 12.8 Å². The quantitative estimate of drug-likeness (QED) is 0.414. The fraction of sp³-hybridized carbons (Fsp3) is 0.800. The van der Waals surface area contributed by atoms with Crippen molar-refractivity contribution in [2.24, 2.45) is 5.92 Å². The molecule has 0 N–H and O–H groups in total. The minimum absolute atomic E-state index is 0.634. The van der Waals surface area contributed by atoms with Crippen LogP contribution >= 0.6 is 0 Å². The maximum Gasteiger partial charge on any atom is 0.0922 e. The van der Waals surface area contributed by atoms with E-state index in [1.807, 2.05) is 0 Å². The van der Waals surface area contributed by atoms with E-state index in [4.69, 9.17) is 0 Å². The summed E-state index contributed by atoms with van der Waals surface area (Å²) in [4.78, 5) is 0. The first-order valence-corrected chi connectivity index (χ1v) is 2.10. The number of hydrogen-bond acceptors (Lipinski definition) is 0. The van der Waals surface area contributed by atoms with Crippen molar-refractivity contribution >= 4 is 0 Å². The summed E-state index contributed by atoms with van der Waals surface area (Å²) in [6.07, 6.45) is 1.19. The third-order valence-electron chi connectivity index (χ3n) is 0.697. The van der Waals surface area contributed by atoms with E-state index in [1.54, 1.807) is 0 Å². The molecule has 0 aliphatic carbocycles. The van der Waals surface area contributed by atoms with Crippen molar-refractivity contribution < 1.29 is 0 Å². The Hall–Kier alpha value is -0.130. The Balaban J connectivity index is 2.54. The van der Waals surface area contributed by atoms with Crippen LogP contribution in [0.1, 0.15) is 20.3 Å². The molecule has 0 aliphatic heterocycles. The van der Waals surface area contributed by atoms with Crippen LogP contribution in [0.25, 0.3) is 0 Å². The third-order valence-corrected chi connectivity index (χ3v) is 0.697. The van der Waals surface area contributed by atoms with Gasteiger partial charge in [-0.1, -0.05) is 6.92 Å². The highest BCUT2D eigenvalue weighted by Gasteiger charge is 1.89. The summed E-state index contributed by atoms with van der Waals surface area (Å²) in [5.74, 6) is 0.634. The third kappa shape index (κ3) is 3.87. The van der Waals surface area contributed by atoms with E-state index >= 15 is 0 Å². The summed E-state index contributed by atoms with van der Waals surface area (Å²) in [7, 11) is 0. The molecule has 0 bridgehead atoms.